The Morgan fingerprint density at radius 1 is 1.43 bits per heavy atom. The van der Waals surface area contributed by atoms with Gasteiger partial charge in [0.15, 0.2) is 0 Å². The van der Waals surface area contributed by atoms with Gasteiger partial charge in [0.2, 0.25) is 0 Å². The molecule has 1 aromatic rings. The van der Waals surface area contributed by atoms with E-state index in [0.717, 1.165) is 37.5 Å². The molecule has 1 rings (SSSR count). The molecule has 0 fully saturated rings. The molecule has 0 aliphatic heterocycles. The highest BCUT2D eigenvalue weighted by atomic mass is 35.5. The molecule has 0 aromatic heterocycles. The van der Waals surface area contributed by atoms with Crippen LogP contribution in [0.3, 0.4) is 0 Å². The molecule has 1 N–H and O–H groups in total. The molecule has 0 saturated carbocycles. The van der Waals surface area contributed by atoms with Gasteiger partial charge in [-0.1, -0.05) is 13.3 Å². The molecule has 1 amide bonds. The summed E-state index contributed by atoms with van der Waals surface area (Å²) < 4.78 is 13.3. The Hall–Kier alpha value is -1.69. The second-order valence-electron chi connectivity index (χ2n) is 4.80. The fourth-order valence-corrected chi connectivity index (χ4v) is 2.37. The number of nitro groups is 1. The maximum Gasteiger partial charge on any atom is 0.273 e. The van der Waals surface area contributed by atoms with Gasteiger partial charge in [0.05, 0.1) is 11.0 Å². The molecule has 1 unspecified atom stereocenters. The number of alkyl halides is 1. The summed E-state index contributed by atoms with van der Waals surface area (Å²) in [6.45, 7) is 2.46. The molecule has 0 radical (unpaired) electrons. The first kappa shape index (κ1) is 17.4. The van der Waals surface area contributed by atoms with Gasteiger partial charge >= 0.3 is 0 Å². The number of hydrogen-bond acceptors (Lipinski definition) is 3. The van der Waals surface area contributed by atoms with Crippen LogP contribution in [0, 0.1) is 21.8 Å². The summed E-state index contributed by atoms with van der Waals surface area (Å²) >= 11 is 5.70. The summed E-state index contributed by atoms with van der Waals surface area (Å²) in [6, 6.07) is 2.83. The largest absolute Gasteiger partial charge is 0.352 e. The van der Waals surface area contributed by atoms with Crippen LogP contribution in [0.25, 0.3) is 0 Å². The smallest absolute Gasteiger partial charge is 0.273 e. The predicted octanol–water partition coefficient (Wildman–Crippen LogP) is 3.51. The van der Waals surface area contributed by atoms with E-state index >= 15 is 0 Å². The Morgan fingerprint density at radius 2 is 2.14 bits per heavy atom. The number of amides is 1. The van der Waals surface area contributed by atoms with Gasteiger partial charge in [-0.15, -0.1) is 11.6 Å². The monoisotopic (exact) mass is 316 g/mol. The maximum atomic E-state index is 13.3. The van der Waals surface area contributed by atoms with Gasteiger partial charge < -0.3 is 5.32 Å². The van der Waals surface area contributed by atoms with Gasteiger partial charge in [-0.05, 0) is 24.8 Å². The first-order valence-electron chi connectivity index (χ1n) is 6.77. The molecule has 1 atom stereocenters. The van der Waals surface area contributed by atoms with Crippen molar-refractivity contribution in [3.05, 3.63) is 39.7 Å². The van der Waals surface area contributed by atoms with Crippen LogP contribution in [0.1, 0.15) is 36.5 Å². The highest BCUT2D eigenvalue weighted by Crippen LogP contribution is 2.17. The first-order valence-corrected chi connectivity index (χ1v) is 7.30. The third kappa shape index (κ3) is 5.67. The molecule has 21 heavy (non-hydrogen) atoms. The summed E-state index contributed by atoms with van der Waals surface area (Å²) in [6.07, 6.45) is 2.68. The molecule has 7 heteroatoms. The maximum absolute atomic E-state index is 13.3. The van der Waals surface area contributed by atoms with E-state index in [2.05, 4.69) is 5.32 Å². The van der Waals surface area contributed by atoms with Gasteiger partial charge in [-0.2, -0.15) is 0 Å². The zero-order chi connectivity index (χ0) is 15.8. The van der Waals surface area contributed by atoms with Gasteiger partial charge in [-0.25, -0.2) is 4.39 Å². The second kappa shape index (κ2) is 8.56. The van der Waals surface area contributed by atoms with Crippen molar-refractivity contribution in [1.29, 1.82) is 0 Å². The Balaban J connectivity index is 2.72. The summed E-state index contributed by atoms with van der Waals surface area (Å²) in [7, 11) is 0. The van der Waals surface area contributed by atoms with Crippen LogP contribution in [0.2, 0.25) is 0 Å². The van der Waals surface area contributed by atoms with Crippen molar-refractivity contribution >= 4 is 23.2 Å². The van der Waals surface area contributed by atoms with Crippen LogP contribution in [0.15, 0.2) is 18.2 Å². The normalized spacial score (nSPS) is 12.0. The average molecular weight is 317 g/mol. The van der Waals surface area contributed by atoms with Gasteiger partial charge in [-0.3, -0.25) is 14.9 Å². The number of carbonyl (C=O) groups excluding carboxylic acids is 1. The molecule has 0 spiro atoms. The van der Waals surface area contributed by atoms with Crippen LogP contribution >= 0.6 is 11.6 Å². The lowest BCUT2D eigenvalue weighted by atomic mass is 10.0. The van der Waals surface area contributed by atoms with Crippen molar-refractivity contribution in [3.63, 3.8) is 0 Å². The standard InChI is InChI=1S/C14H18ClFN2O3/c1-2-3-10(4-5-15)9-17-14(19)11-6-12(16)8-13(7-11)18(20)21/h6-8,10H,2-5,9H2,1H3,(H,17,19). The van der Waals surface area contributed by atoms with E-state index in [4.69, 9.17) is 11.6 Å². The minimum atomic E-state index is -0.805. The summed E-state index contributed by atoms with van der Waals surface area (Å²) in [5, 5.41) is 13.3. The van der Waals surface area contributed by atoms with E-state index in [1.54, 1.807) is 0 Å². The van der Waals surface area contributed by atoms with Crippen molar-refractivity contribution in [2.75, 3.05) is 12.4 Å². The predicted molar refractivity (Wildman–Crippen MR) is 79.1 cm³/mol. The Kier molecular flexibility index (Phi) is 7.08. The van der Waals surface area contributed by atoms with Crippen molar-refractivity contribution in [2.45, 2.75) is 26.2 Å². The summed E-state index contributed by atoms with van der Waals surface area (Å²) in [4.78, 5) is 21.9. The number of nitro benzene ring substituents is 1. The molecule has 0 aliphatic rings. The zero-order valence-electron chi connectivity index (χ0n) is 11.8. The Labute approximate surface area is 127 Å². The third-order valence-corrected chi connectivity index (χ3v) is 3.34. The summed E-state index contributed by atoms with van der Waals surface area (Å²) in [5.41, 5.74) is -0.492. The fraction of sp³-hybridized carbons (Fsp3) is 0.500. The number of hydrogen-bond donors (Lipinski definition) is 1. The molecule has 0 heterocycles. The van der Waals surface area contributed by atoms with E-state index in [1.165, 1.54) is 0 Å². The number of nitrogens with one attached hydrogen (secondary N) is 1. The van der Waals surface area contributed by atoms with E-state index in [1.807, 2.05) is 6.92 Å². The lowest BCUT2D eigenvalue weighted by Gasteiger charge is -2.15. The molecular weight excluding hydrogens is 299 g/mol. The van der Waals surface area contributed by atoms with E-state index in [9.17, 15) is 19.3 Å². The lowest BCUT2D eigenvalue weighted by molar-refractivity contribution is -0.385. The van der Waals surface area contributed by atoms with Crippen molar-refractivity contribution < 1.29 is 14.1 Å². The molecule has 5 nitrogen and oxygen atoms in total. The van der Waals surface area contributed by atoms with Crippen LogP contribution in [0.4, 0.5) is 10.1 Å². The van der Waals surface area contributed by atoms with E-state index < -0.39 is 22.3 Å². The molecule has 0 saturated heterocycles. The van der Waals surface area contributed by atoms with Gasteiger partial charge in [0.25, 0.3) is 11.6 Å². The van der Waals surface area contributed by atoms with Crippen LogP contribution in [-0.4, -0.2) is 23.3 Å². The topological polar surface area (TPSA) is 72.2 Å². The van der Waals surface area contributed by atoms with Crippen molar-refractivity contribution in [3.8, 4) is 0 Å². The molecule has 0 bridgehead atoms. The van der Waals surface area contributed by atoms with Crippen LogP contribution in [0.5, 0.6) is 0 Å². The Morgan fingerprint density at radius 3 is 2.71 bits per heavy atom. The summed E-state index contributed by atoms with van der Waals surface area (Å²) in [5.74, 6) is -0.570. The minimum absolute atomic E-state index is 0.0529. The highest BCUT2D eigenvalue weighted by Gasteiger charge is 2.16. The van der Waals surface area contributed by atoms with Crippen molar-refractivity contribution in [2.24, 2.45) is 5.92 Å². The molecule has 1 aromatic carbocycles. The SMILES string of the molecule is CCCC(CCCl)CNC(=O)c1cc(F)cc([N+](=O)[O-])c1. The molecule has 116 valence electrons. The quantitative estimate of drug-likeness (QED) is 0.453. The third-order valence-electron chi connectivity index (χ3n) is 3.12. The molecule has 0 aliphatic carbocycles. The van der Waals surface area contributed by atoms with E-state index in [0.29, 0.717) is 12.4 Å². The van der Waals surface area contributed by atoms with Crippen LogP contribution in [-0.2, 0) is 0 Å². The van der Waals surface area contributed by atoms with Gasteiger partial charge in [0.1, 0.15) is 5.82 Å². The van der Waals surface area contributed by atoms with Crippen molar-refractivity contribution in [1.82, 2.24) is 5.32 Å². The zero-order valence-corrected chi connectivity index (χ0v) is 12.5. The molecular formula is C14H18ClFN2O3. The second-order valence-corrected chi connectivity index (χ2v) is 5.18. The number of halogens is 2. The average Bonchev–Trinajstić information content (AvgIpc) is 2.44. The number of nitrogens with zero attached hydrogens (tertiary/aromatic N) is 1. The number of rotatable bonds is 8. The number of non-ortho nitro benzene ring substituents is 1. The lowest BCUT2D eigenvalue weighted by Crippen LogP contribution is -2.29. The number of carbonyl (C=O) groups is 1. The van der Waals surface area contributed by atoms with Crippen LogP contribution < -0.4 is 5.32 Å². The fourth-order valence-electron chi connectivity index (χ4n) is 2.06. The highest BCUT2D eigenvalue weighted by molar-refractivity contribution is 6.17. The number of benzene rings is 1. The van der Waals surface area contributed by atoms with Gasteiger partial charge in [0, 0.05) is 24.1 Å². The Bertz CT molecular complexity index is 505. The first-order chi connectivity index (χ1) is 9.97. The van der Waals surface area contributed by atoms with E-state index in [-0.39, 0.29) is 11.5 Å². The minimum Gasteiger partial charge on any atom is -0.352 e.